The summed E-state index contributed by atoms with van der Waals surface area (Å²) in [5, 5.41) is 12.3. The number of rotatable bonds is 6. The summed E-state index contributed by atoms with van der Waals surface area (Å²) in [7, 11) is 0. The van der Waals surface area contributed by atoms with E-state index in [2.05, 4.69) is 10.3 Å². The molecule has 1 aromatic heterocycles. The fourth-order valence-electron chi connectivity index (χ4n) is 1.16. The number of nitrogens with one attached hydrogen (secondary N) is 1. The third kappa shape index (κ3) is 4.01. The molecule has 1 rings (SSSR count). The molecule has 0 radical (unpaired) electrons. The van der Waals surface area contributed by atoms with Crippen LogP contribution in [0.15, 0.2) is 10.6 Å². The summed E-state index contributed by atoms with van der Waals surface area (Å²) in [6, 6.07) is 0. The minimum atomic E-state index is -0.0970. The number of nitrogens with zero attached hydrogens (tertiary/aromatic N) is 1. The minimum absolute atomic E-state index is 0.0970. The minimum Gasteiger partial charge on any atom is -0.444 e. The first-order valence-corrected chi connectivity index (χ1v) is 5.32. The molecule has 0 bridgehead atoms. The van der Waals surface area contributed by atoms with Crippen molar-refractivity contribution in [1.29, 1.82) is 0 Å². The van der Waals surface area contributed by atoms with Crippen LogP contribution in [0, 0.1) is 5.41 Å². The molecule has 0 aliphatic carbocycles. The second kappa shape index (κ2) is 5.28. The number of oxazole rings is 1. The first-order valence-electron chi connectivity index (χ1n) is 5.32. The standard InChI is InChI=1S/C11H20N2O2/c1-4-9-5-13-10(15-9)6-12-7-11(2,3)8-14/h5,12,14H,4,6-8H2,1-3H3. The highest BCUT2D eigenvalue weighted by atomic mass is 16.4. The van der Waals surface area contributed by atoms with Crippen LogP contribution in [0.25, 0.3) is 0 Å². The van der Waals surface area contributed by atoms with E-state index < -0.39 is 0 Å². The van der Waals surface area contributed by atoms with Crippen LogP contribution >= 0.6 is 0 Å². The van der Waals surface area contributed by atoms with Gasteiger partial charge in [-0.15, -0.1) is 0 Å². The predicted molar refractivity (Wildman–Crippen MR) is 58.5 cm³/mol. The Hall–Kier alpha value is -0.870. The van der Waals surface area contributed by atoms with Gasteiger partial charge in [0.1, 0.15) is 5.76 Å². The van der Waals surface area contributed by atoms with Crippen LogP contribution in [0.1, 0.15) is 32.4 Å². The molecule has 0 unspecified atom stereocenters. The van der Waals surface area contributed by atoms with Gasteiger partial charge in [0, 0.05) is 25.0 Å². The Morgan fingerprint density at radius 2 is 2.27 bits per heavy atom. The SMILES string of the molecule is CCc1cnc(CNCC(C)(C)CO)o1. The molecule has 4 nitrogen and oxygen atoms in total. The van der Waals surface area contributed by atoms with Gasteiger partial charge in [-0.25, -0.2) is 4.98 Å². The van der Waals surface area contributed by atoms with Crippen LogP contribution < -0.4 is 5.32 Å². The van der Waals surface area contributed by atoms with Gasteiger partial charge in [0.2, 0.25) is 5.89 Å². The molecule has 0 aromatic carbocycles. The Kier molecular flexibility index (Phi) is 4.29. The molecular formula is C11H20N2O2. The van der Waals surface area contributed by atoms with Crippen molar-refractivity contribution in [3.8, 4) is 0 Å². The second-order valence-corrected chi connectivity index (χ2v) is 4.50. The quantitative estimate of drug-likeness (QED) is 0.747. The van der Waals surface area contributed by atoms with Gasteiger partial charge in [-0.2, -0.15) is 0 Å². The maximum Gasteiger partial charge on any atom is 0.208 e. The molecule has 0 fully saturated rings. The van der Waals surface area contributed by atoms with E-state index in [-0.39, 0.29) is 12.0 Å². The lowest BCUT2D eigenvalue weighted by Gasteiger charge is -2.21. The van der Waals surface area contributed by atoms with Crippen LogP contribution in [0.4, 0.5) is 0 Å². The maximum atomic E-state index is 9.05. The Morgan fingerprint density at radius 1 is 1.53 bits per heavy atom. The first-order chi connectivity index (χ1) is 7.07. The van der Waals surface area contributed by atoms with Crippen LogP contribution in [-0.4, -0.2) is 23.2 Å². The van der Waals surface area contributed by atoms with Crippen LogP contribution in [0.3, 0.4) is 0 Å². The zero-order chi connectivity index (χ0) is 11.3. The summed E-state index contributed by atoms with van der Waals surface area (Å²) in [6.45, 7) is 7.58. The molecule has 1 heterocycles. The van der Waals surface area contributed by atoms with Gasteiger partial charge in [-0.1, -0.05) is 20.8 Å². The summed E-state index contributed by atoms with van der Waals surface area (Å²) >= 11 is 0. The van der Waals surface area contributed by atoms with Crippen molar-refractivity contribution in [1.82, 2.24) is 10.3 Å². The molecule has 0 aliphatic rings. The number of aliphatic hydroxyl groups excluding tert-OH is 1. The third-order valence-electron chi connectivity index (χ3n) is 2.26. The van der Waals surface area contributed by atoms with Gasteiger partial charge in [-0.3, -0.25) is 0 Å². The van der Waals surface area contributed by atoms with Crippen molar-refractivity contribution >= 4 is 0 Å². The van der Waals surface area contributed by atoms with E-state index in [0.717, 1.165) is 18.7 Å². The van der Waals surface area contributed by atoms with Gasteiger partial charge >= 0.3 is 0 Å². The Labute approximate surface area is 90.7 Å². The Morgan fingerprint density at radius 3 is 2.80 bits per heavy atom. The lowest BCUT2D eigenvalue weighted by atomic mass is 9.95. The van der Waals surface area contributed by atoms with Crippen LogP contribution in [0.5, 0.6) is 0 Å². The number of aryl methyl sites for hydroxylation is 1. The summed E-state index contributed by atoms with van der Waals surface area (Å²) in [5.41, 5.74) is -0.0970. The van der Waals surface area contributed by atoms with E-state index in [9.17, 15) is 0 Å². The fraction of sp³-hybridized carbons (Fsp3) is 0.727. The summed E-state index contributed by atoms with van der Waals surface area (Å²) in [6.07, 6.45) is 2.63. The number of aliphatic hydroxyl groups is 1. The van der Waals surface area contributed by atoms with Gasteiger partial charge < -0.3 is 14.8 Å². The van der Waals surface area contributed by atoms with Crippen molar-refractivity contribution in [3.63, 3.8) is 0 Å². The lowest BCUT2D eigenvalue weighted by molar-refractivity contribution is 0.155. The Balaban J connectivity index is 2.31. The molecule has 86 valence electrons. The average molecular weight is 212 g/mol. The zero-order valence-corrected chi connectivity index (χ0v) is 9.71. The molecule has 0 atom stereocenters. The molecule has 0 saturated carbocycles. The van der Waals surface area contributed by atoms with E-state index in [1.807, 2.05) is 20.8 Å². The summed E-state index contributed by atoms with van der Waals surface area (Å²) in [4.78, 5) is 4.14. The molecule has 0 aliphatic heterocycles. The number of aromatic nitrogens is 1. The van der Waals surface area contributed by atoms with E-state index in [1.54, 1.807) is 6.20 Å². The first kappa shape index (κ1) is 12.2. The van der Waals surface area contributed by atoms with Crippen molar-refractivity contribution in [2.75, 3.05) is 13.2 Å². The summed E-state index contributed by atoms with van der Waals surface area (Å²) < 4.78 is 5.45. The third-order valence-corrected chi connectivity index (χ3v) is 2.26. The molecule has 0 spiro atoms. The van der Waals surface area contributed by atoms with E-state index >= 15 is 0 Å². The smallest absolute Gasteiger partial charge is 0.208 e. The van der Waals surface area contributed by atoms with Gasteiger partial charge in [0.15, 0.2) is 0 Å². The van der Waals surface area contributed by atoms with Gasteiger partial charge in [0.05, 0.1) is 12.7 Å². The van der Waals surface area contributed by atoms with Crippen molar-refractivity contribution in [2.24, 2.45) is 5.41 Å². The average Bonchev–Trinajstić information content (AvgIpc) is 2.66. The number of hydrogen-bond acceptors (Lipinski definition) is 4. The highest BCUT2D eigenvalue weighted by Crippen LogP contribution is 2.11. The molecule has 2 N–H and O–H groups in total. The van der Waals surface area contributed by atoms with Crippen LogP contribution in [-0.2, 0) is 13.0 Å². The highest BCUT2D eigenvalue weighted by Gasteiger charge is 2.15. The molecule has 4 heteroatoms. The lowest BCUT2D eigenvalue weighted by Crippen LogP contribution is -2.31. The largest absolute Gasteiger partial charge is 0.444 e. The number of hydrogen-bond donors (Lipinski definition) is 2. The topological polar surface area (TPSA) is 58.3 Å². The second-order valence-electron chi connectivity index (χ2n) is 4.50. The van der Waals surface area contributed by atoms with E-state index in [4.69, 9.17) is 9.52 Å². The monoisotopic (exact) mass is 212 g/mol. The summed E-state index contributed by atoms with van der Waals surface area (Å²) in [5.74, 6) is 1.62. The van der Waals surface area contributed by atoms with Gasteiger partial charge in [0.25, 0.3) is 0 Å². The van der Waals surface area contributed by atoms with Crippen molar-refractivity contribution in [2.45, 2.75) is 33.7 Å². The molecule has 0 amide bonds. The normalized spacial score (nSPS) is 12.0. The Bertz CT molecular complexity index is 295. The van der Waals surface area contributed by atoms with E-state index in [0.29, 0.717) is 12.4 Å². The van der Waals surface area contributed by atoms with Crippen molar-refractivity contribution in [3.05, 3.63) is 17.8 Å². The van der Waals surface area contributed by atoms with Gasteiger partial charge in [-0.05, 0) is 0 Å². The zero-order valence-electron chi connectivity index (χ0n) is 9.71. The van der Waals surface area contributed by atoms with E-state index in [1.165, 1.54) is 0 Å². The maximum absolute atomic E-state index is 9.05. The molecular weight excluding hydrogens is 192 g/mol. The van der Waals surface area contributed by atoms with Crippen molar-refractivity contribution < 1.29 is 9.52 Å². The molecule has 0 saturated heterocycles. The fourth-order valence-corrected chi connectivity index (χ4v) is 1.16. The van der Waals surface area contributed by atoms with Crippen LogP contribution in [0.2, 0.25) is 0 Å². The molecule has 15 heavy (non-hydrogen) atoms. The highest BCUT2D eigenvalue weighted by molar-refractivity contribution is 4.93. The predicted octanol–water partition coefficient (Wildman–Crippen LogP) is 1.35. The molecule has 1 aromatic rings.